The van der Waals surface area contributed by atoms with E-state index >= 15 is 0 Å². The number of amides is 2. The molecule has 0 bridgehead atoms. The van der Waals surface area contributed by atoms with Crippen LogP contribution in [-0.4, -0.2) is 44.6 Å². The molecule has 1 heterocycles. The Balaban J connectivity index is 1.58. The summed E-state index contributed by atoms with van der Waals surface area (Å²) in [6, 6.07) is 13.5. The van der Waals surface area contributed by atoms with Crippen LogP contribution in [0.3, 0.4) is 0 Å². The van der Waals surface area contributed by atoms with E-state index in [1.807, 2.05) is 23.1 Å². The van der Waals surface area contributed by atoms with E-state index in [1.54, 1.807) is 25.2 Å². The van der Waals surface area contributed by atoms with Gasteiger partial charge in [0.1, 0.15) is 11.6 Å². The van der Waals surface area contributed by atoms with E-state index in [9.17, 15) is 14.0 Å². The number of hydrogen-bond donors (Lipinski definition) is 2. The zero-order valence-electron chi connectivity index (χ0n) is 15.1. The summed E-state index contributed by atoms with van der Waals surface area (Å²) in [6.45, 7) is 0.870. The summed E-state index contributed by atoms with van der Waals surface area (Å²) in [5.74, 6) is -0.0772. The first-order valence-electron chi connectivity index (χ1n) is 8.80. The van der Waals surface area contributed by atoms with Gasteiger partial charge in [-0.2, -0.15) is 0 Å². The Bertz CT molecular complexity index is 810. The topological polar surface area (TPSA) is 70.7 Å². The third-order valence-electron chi connectivity index (χ3n) is 4.38. The average Bonchev–Trinajstić information content (AvgIpc) is 2.68. The van der Waals surface area contributed by atoms with Crippen molar-refractivity contribution >= 4 is 17.5 Å². The van der Waals surface area contributed by atoms with Crippen molar-refractivity contribution in [2.24, 2.45) is 0 Å². The largest absolute Gasteiger partial charge is 0.477 e. The van der Waals surface area contributed by atoms with Crippen molar-refractivity contribution in [1.82, 2.24) is 10.6 Å². The van der Waals surface area contributed by atoms with Gasteiger partial charge >= 0.3 is 0 Å². The van der Waals surface area contributed by atoms with Crippen molar-refractivity contribution < 1.29 is 18.7 Å². The Kier molecular flexibility index (Phi) is 5.90. The number of fused-ring (bicyclic) bond motifs is 1. The highest BCUT2D eigenvalue weighted by Crippen LogP contribution is 2.32. The Morgan fingerprint density at radius 2 is 1.93 bits per heavy atom. The summed E-state index contributed by atoms with van der Waals surface area (Å²) in [5, 5.41) is 5.44. The molecule has 0 saturated heterocycles. The first-order chi connectivity index (χ1) is 13.1. The molecule has 1 aliphatic rings. The number of nitrogens with zero attached hydrogens (tertiary/aromatic N) is 1. The van der Waals surface area contributed by atoms with Gasteiger partial charge in [0.25, 0.3) is 5.91 Å². The van der Waals surface area contributed by atoms with Crippen molar-refractivity contribution in [1.29, 1.82) is 0 Å². The van der Waals surface area contributed by atoms with Gasteiger partial charge in [-0.05, 0) is 36.2 Å². The number of likely N-dealkylation sites (N-methyl/N-ethyl adjacent to an activating group) is 1. The van der Waals surface area contributed by atoms with Crippen LogP contribution in [-0.2, 0) is 16.0 Å². The van der Waals surface area contributed by atoms with Crippen molar-refractivity contribution in [3.05, 3.63) is 59.9 Å². The molecule has 1 atom stereocenters. The summed E-state index contributed by atoms with van der Waals surface area (Å²) in [7, 11) is 1.55. The van der Waals surface area contributed by atoms with Crippen LogP contribution in [0.1, 0.15) is 5.56 Å². The van der Waals surface area contributed by atoms with E-state index in [-0.39, 0.29) is 24.2 Å². The first-order valence-corrected chi connectivity index (χ1v) is 8.80. The average molecular weight is 371 g/mol. The maximum Gasteiger partial charge on any atom is 0.262 e. The molecule has 2 aromatic carbocycles. The van der Waals surface area contributed by atoms with Crippen LogP contribution in [0.5, 0.6) is 5.75 Å². The van der Waals surface area contributed by atoms with Crippen LogP contribution in [0, 0.1) is 5.82 Å². The lowest BCUT2D eigenvalue weighted by Crippen LogP contribution is -2.50. The number of halogens is 1. The smallest absolute Gasteiger partial charge is 0.262 e. The van der Waals surface area contributed by atoms with Gasteiger partial charge in [0.2, 0.25) is 5.91 Å². The number of carbonyl (C=O) groups excluding carboxylic acids is 2. The maximum absolute atomic E-state index is 12.9. The molecular formula is C20H22FN3O3. The van der Waals surface area contributed by atoms with Gasteiger partial charge in [-0.1, -0.05) is 24.3 Å². The lowest BCUT2D eigenvalue weighted by Gasteiger charge is -2.35. The molecule has 1 aliphatic heterocycles. The molecule has 3 rings (SSSR count). The molecule has 2 aromatic rings. The molecule has 0 aromatic heterocycles. The molecule has 0 radical (unpaired) electrons. The highest BCUT2D eigenvalue weighted by molar-refractivity contribution is 5.86. The molecule has 2 N–H and O–H groups in total. The third kappa shape index (κ3) is 4.75. The Hall–Kier alpha value is -3.09. The normalized spacial score (nSPS) is 15.5. The number of anilines is 1. The standard InChI is InChI=1S/C20H22FN3O3/c1-22-20(26)18-12-24(16-4-2-3-5-17(16)27-18)13-19(25)23-11-10-14-6-8-15(21)9-7-14/h2-9,18H,10-13H2,1H3,(H,22,26)(H,23,25)/t18-/m1/s1. The van der Waals surface area contributed by atoms with Crippen LogP contribution in [0.15, 0.2) is 48.5 Å². The fraction of sp³-hybridized carbons (Fsp3) is 0.300. The molecule has 7 heteroatoms. The molecule has 0 saturated carbocycles. The monoisotopic (exact) mass is 371 g/mol. The first kappa shape index (κ1) is 18.7. The number of ether oxygens (including phenoxy) is 1. The molecule has 0 fully saturated rings. The number of benzene rings is 2. The summed E-state index contributed by atoms with van der Waals surface area (Å²) in [6.07, 6.45) is -0.0519. The van der Waals surface area contributed by atoms with Crippen LogP contribution < -0.4 is 20.3 Å². The molecule has 0 aliphatic carbocycles. The van der Waals surface area contributed by atoms with Crippen molar-refractivity contribution in [3.8, 4) is 5.75 Å². The highest BCUT2D eigenvalue weighted by atomic mass is 19.1. The summed E-state index contributed by atoms with van der Waals surface area (Å²) >= 11 is 0. The van der Waals surface area contributed by atoms with Crippen molar-refractivity contribution in [2.75, 3.05) is 31.6 Å². The number of carbonyl (C=O) groups is 2. The van der Waals surface area contributed by atoms with E-state index in [0.29, 0.717) is 25.3 Å². The molecule has 6 nitrogen and oxygen atoms in total. The van der Waals surface area contributed by atoms with Crippen LogP contribution in [0.2, 0.25) is 0 Å². The second-order valence-electron chi connectivity index (χ2n) is 6.30. The fourth-order valence-electron chi connectivity index (χ4n) is 2.98. The fourth-order valence-corrected chi connectivity index (χ4v) is 2.98. The number of nitrogens with one attached hydrogen (secondary N) is 2. The minimum absolute atomic E-state index is 0.122. The van der Waals surface area contributed by atoms with Gasteiger partial charge in [0.05, 0.1) is 18.8 Å². The SMILES string of the molecule is CNC(=O)[C@H]1CN(CC(=O)NCCc2ccc(F)cc2)c2ccccc2O1. The predicted octanol–water partition coefficient (Wildman–Crippen LogP) is 1.50. The van der Waals surface area contributed by atoms with Crippen LogP contribution in [0.25, 0.3) is 0 Å². The summed E-state index contributed by atoms with van der Waals surface area (Å²) in [4.78, 5) is 26.2. The minimum Gasteiger partial charge on any atom is -0.477 e. The number of para-hydroxylation sites is 2. The predicted molar refractivity (Wildman–Crippen MR) is 100 cm³/mol. The van der Waals surface area contributed by atoms with Crippen LogP contribution in [0.4, 0.5) is 10.1 Å². The third-order valence-corrected chi connectivity index (χ3v) is 4.38. The van der Waals surface area contributed by atoms with Gasteiger partial charge < -0.3 is 20.3 Å². The van der Waals surface area contributed by atoms with Gasteiger partial charge in [0, 0.05) is 13.6 Å². The second kappa shape index (κ2) is 8.53. The zero-order valence-corrected chi connectivity index (χ0v) is 15.1. The second-order valence-corrected chi connectivity index (χ2v) is 6.30. The maximum atomic E-state index is 12.9. The van der Waals surface area contributed by atoms with Gasteiger partial charge in [-0.25, -0.2) is 4.39 Å². The molecule has 0 unspecified atom stereocenters. The molecule has 142 valence electrons. The Labute approximate surface area is 157 Å². The van der Waals surface area contributed by atoms with E-state index in [4.69, 9.17) is 4.74 Å². The molecular weight excluding hydrogens is 349 g/mol. The lowest BCUT2D eigenvalue weighted by molar-refractivity contribution is -0.127. The number of hydrogen-bond acceptors (Lipinski definition) is 4. The highest BCUT2D eigenvalue weighted by Gasteiger charge is 2.30. The zero-order chi connectivity index (χ0) is 19.2. The van der Waals surface area contributed by atoms with Crippen molar-refractivity contribution in [3.63, 3.8) is 0 Å². The van der Waals surface area contributed by atoms with Crippen LogP contribution >= 0.6 is 0 Å². The summed E-state index contributed by atoms with van der Waals surface area (Å²) in [5.41, 5.74) is 1.74. The molecule has 2 amide bonds. The van der Waals surface area contributed by atoms with Gasteiger partial charge in [-0.15, -0.1) is 0 Å². The number of rotatable bonds is 6. The Morgan fingerprint density at radius 3 is 2.67 bits per heavy atom. The quantitative estimate of drug-likeness (QED) is 0.807. The van der Waals surface area contributed by atoms with Gasteiger partial charge in [0.15, 0.2) is 6.10 Å². The molecule has 27 heavy (non-hydrogen) atoms. The van der Waals surface area contributed by atoms with E-state index in [2.05, 4.69) is 10.6 Å². The van der Waals surface area contributed by atoms with E-state index in [0.717, 1.165) is 11.3 Å². The minimum atomic E-state index is -0.670. The van der Waals surface area contributed by atoms with Crippen molar-refractivity contribution in [2.45, 2.75) is 12.5 Å². The van der Waals surface area contributed by atoms with Gasteiger partial charge in [-0.3, -0.25) is 9.59 Å². The van der Waals surface area contributed by atoms with E-state index in [1.165, 1.54) is 12.1 Å². The molecule has 0 spiro atoms. The Morgan fingerprint density at radius 1 is 1.19 bits per heavy atom. The van der Waals surface area contributed by atoms with E-state index < -0.39 is 6.10 Å². The summed E-state index contributed by atoms with van der Waals surface area (Å²) < 4.78 is 18.6. The lowest BCUT2D eigenvalue weighted by atomic mass is 10.1.